The quantitative estimate of drug-likeness (QED) is 0.243. The van der Waals surface area contributed by atoms with Gasteiger partial charge in [-0.15, -0.1) is 0 Å². The maximum Gasteiger partial charge on any atom is 0.407 e. The minimum Gasteiger partial charge on any atom is -0.444 e. The molecule has 5 atom stereocenters. The van der Waals surface area contributed by atoms with Gasteiger partial charge in [0.2, 0.25) is 6.29 Å². The zero-order valence-electron chi connectivity index (χ0n) is 27.8. The van der Waals surface area contributed by atoms with E-state index in [-0.39, 0.29) is 16.7 Å². The van der Waals surface area contributed by atoms with E-state index in [0.717, 1.165) is 5.56 Å². The van der Waals surface area contributed by atoms with Crippen LogP contribution in [0.5, 0.6) is 0 Å². The Hall–Kier alpha value is -1.73. The third-order valence-corrected chi connectivity index (χ3v) is 17.5. The first-order chi connectivity index (χ1) is 18.5. The van der Waals surface area contributed by atoms with Crippen molar-refractivity contribution in [3.8, 4) is 0 Å². The normalized spacial score (nSPS) is 24.5. The van der Waals surface area contributed by atoms with Crippen molar-refractivity contribution < 1.29 is 32.7 Å². The number of hydrogen-bond donors (Lipinski definition) is 1. The number of carbonyl (C=O) groups excluding carboxylic acids is 2. The summed E-state index contributed by atoms with van der Waals surface area (Å²) in [6.45, 7) is 28.7. The van der Waals surface area contributed by atoms with E-state index in [9.17, 15) is 9.59 Å². The summed E-state index contributed by atoms with van der Waals surface area (Å²) in [5.74, 6) is -0.878. The number of amides is 1. The van der Waals surface area contributed by atoms with Crippen LogP contribution < -0.4 is 5.32 Å². The summed E-state index contributed by atoms with van der Waals surface area (Å²) in [4.78, 5) is 25.7. The average Bonchev–Trinajstić information content (AvgIpc) is 2.77. The molecule has 1 amide bonds. The van der Waals surface area contributed by atoms with E-state index in [4.69, 9.17) is 23.1 Å². The molecule has 1 fully saturated rings. The lowest BCUT2D eigenvalue weighted by Gasteiger charge is -2.50. The fraction of sp³-hybridized carbons (Fsp3) is 0.742. The second-order valence-electron chi connectivity index (χ2n) is 15.2. The van der Waals surface area contributed by atoms with E-state index >= 15 is 0 Å². The third kappa shape index (κ3) is 9.64. The molecule has 0 saturated carbocycles. The largest absolute Gasteiger partial charge is 0.444 e. The van der Waals surface area contributed by atoms with Gasteiger partial charge in [0.15, 0.2) is 16.6 Å². The molecule has 2 rings (SSSR count). The van der Waals surface area contributed by atoms with Gasteiger partial charge in [0.25, 0.3) is 0 Å². The molecule has 1 aliphatic rings. The van der Waals surface area contributed by atoms with E-state index in [0.29, 0.717) is 0 Å². The zero-order chi connectivity index (χ0) is 31.6. The highest BCUT2D eigenvalue weighted by Crippen LogP contribution is 2.44. The maximum atomic E-state index is 13.3. The minimum absolute atomic E-state index is 0.0299. The molecule has 1 aliphatic heterocycles. The number of carbonyl (C=O) groups is 2. The van der Waals surface area contributed by atoms with Gasteiger partial charge in [0.1, 0.15) is 17.8 Å². The summed E-state index contributed by atoms with van der Waals surface area (Å²) in [5, 5.41) is 2.97. The second kappa shape index (κ2) is 12.9. The number of esters is 1. The van der Waals surface area contributed by atoms with Crippen molar-refractivity contribution in [1.29, 1.82) is 0 Å². The smallest absolute Gasteiger partial charge is 0.407 e. The molecule has 41 heavy (non-hydrogen) atoms. The Morgan fingerprint density at radius 3 is 1.88 bits per heavy atom. The van der Waals surface area contributed by atoms with E-state index in [1.54, 1.807) is 0 Å². The van der Waals surface area contributed by atoms with Crippen LogP contribution in [0.4, 0.5) is 4.79 Å². The van der Waals surface area contributed by atoms with Gasteiger partial charge in [-0.25, -0.2) is 4.79 Å². The van der Waals surface area contributed by atoms with Gasteiger partial charge in [0, 0.05) is 12.8 Å². The highest BCUT2D eigenvalue weighted by molar-refractivity contribution is 6.74. The van der Waals surface area contributed by atoms with Crippen LogP contribution >= 0.6 is 0 Å². The van der Waals surface area contributed by atoms with Crippen LogP contribution in [0.1, 0.15) is 80.7 Å². The van der Waals surface area contributed by atoms with Crippen LogP contribution in [-0.2, 0) is 27.9 Å². The van der Waals surface area contributed by atoms with E-state index in [1.807, 2.05) is 51.1 Å². The van der Waals surface area contributed by atoms with Gasteiger partial charge in [-0.1, -0.05) is 71.9 Å². The molecule has 0 aromatic heterocycles. The number of benzene rings is 1. The number of nitrogens with one attached hydrogen (secondary N) is 1. The lowest BCUT2D eigenvalue weighted by atomic mass is 9.81. The molecule has 10 heteroatoms. The predicted octanol–water partition coefficient (Wildman–Crippen LogP) is 7.36. The Bertz CT molecular complexity index is 1030. The van der Waals surface area contributed by atoms with Crippen LogP contribution in [0, 0.1) is 0 Å². The van der Waals surface area contributed by atoms with Gasteiger partial charge >= 0.3 is 12.1 Å². The molecule has 0 unspecified atom stereocenters. The van der Waals surface area contributed by atoms with Crippen molar-refractivity contribution in [3.05, 3.63) is 35.9 Å². The Labute approximate surface area is 250 Å². The van der Waals surface area contributed by atoms with Crippen LogP contribution in [0.15, 0.2) is 30.3 Å². The van der Waals surface area contributed by atoms with Crippen LogP contribution in [0.2, 0.25) is 36.3 Å². The van der Waals surface area contributed by atoms with Crippen molar-refractivity contribution >= 4 is 28.7 Å². The van der Waals surface area contributed by atoms with Gasteiger partial charge in [0.05, 0.1) is 12.6 Å². The molecule has 8 nitrogen and oxygen atoms in total. The van der Waals surface area contributed by atoms with E-state index < -0.39 is 64.8 Å². The summed E-state index contributed by atoms with van der Waals surface area (Å²) in [7, 11) is -4.59. The molecule has 0 spiro atoms. The van der Waals surface area contributed by atoms with Crippen LogP contribution in [0.3, 0.4) is 0 Å². The summed E-state index contributed by atoms with van der Waals surface area (Å²) in [6, 6.07) is 9.31. The van der Waals surface area contributed by atoms with E-state index in [1.165, 1.54) is 6.92 Å². The first-order valence-corrected chi connectivity index (χ1v) is 20.5. The van der Waals surface area contributed by atoms with Gasteiger partial charge in [-0.05, 0) is 62.6 Å². The molecule has 0 bridgehead atoms. The molecule has 1 saturated heterocycles. The number of alkyl carbamates (subject to hydrolysis) is 1. The monoisotopic (exact) mass is 609 g/mol. The molecule has 0 radical (unpaired) electrons. The molecular weight excluding hydrogens is 555 g/mol. The highest BCUT2D eigenvalue weighted by atomic mass is 28.4. The third-order valence-electron chi connectivity index (χ3n) is 8.52. The van der Waals surface area contributed by atoms with Crippen molar-refractivity contribution in [1.82, 2.24) is 5.32 Å². The average molecular weight is 610 g/mol. The molecule has 1 heterocycles. The van der Waals surface area contributed by atoms with E-state index in [2.05, 4.69) is 73.0 Å². The lowest BCUT2D eigenvalue weighted by molar-refractivity contribution is -0.247. The molecule has 1 N–H and O–H groups in total. The summed E-state index contributed by atoms with van der Waals surface area (Å²) < 4.78 is 31.7. The lowest BCUT2D eigenvalue weighted by Crippen LogP contribution is -2.64. The predicted molar refractivity (Wildman–Crippen MR) is 168 cm³/mol. The van der Waals surface area contributed by atoms with Crippen molar-refractivity contribution in [2.24, 2.45) is 0 Å². The Kier molecular flexibility index (Phi) is 11.1. The summed E-state index contributed by atoms with van der Waals surface area (Å²) in [5.41, 5.74) is 0.252. The van der Waals surface area contributed by atoms with Crippen molar-refractivity contribution in [2.75, 3.05) is 6.61 Å². The Morgan fingerprint density at radius 1 is 0.878 bits per heavy atom. The maximum absolute atomic E-state index is 13.3. The standard InChI is InChI=1S/C31H55NO7Si2/c1-21(33)36-27-26(39-41(13,14)31(8,9)10)24(22-18-16-15-17-19-22)25(32-28(34)38-29(2,3)4)23(37-27)20-35-40(11,12)30(5,6)7/h15-19,23-27H,20H2,1-14H3,(H,32,34)/t23-,24+,25-,26+,27+/m1/s1. The molecule has 234 valence electrons. The van der Waals surface area contributed by atoms with Crippen LogP contribution in [-0.4, -0.2) is 65.4 Å². The first-order valence-electron chi connectivity index (χ1n) is 14.6. The van der Waals surface area contributed by atoms with Crippen molar-refractivity contribution in [3.63, 3.8) is 0 Å². The van der Waals surface area contributed by atoms with Gasteiger partial charge in [-0.2, -0.15) is 0 Å². The van der Waals surface area contributed by atoms with Gasteiger partial charge in [-0.3, -0.25) is 4.79 Å². The zero-order valence-corrected chi connectivity index (χ0v) is 29.8. The minimum atomic E-state index is -2.40. The number of ether oxygens (including phenoxy) is 3. The first kappa shape index (κ1) is 35.5. The summed E-state index contributed by atoms with van der Waals surface area (Å²) in [6.07, 6.45) is -2.85. The number of hydrogen-bond acceptors (Lipinski definition) is 7. The molecule has 1 aromatic carbocycles. The summed E-state index contributed by atoms with van der Waals surface area (Å²) >= 11 is 0. The molecular formula is C31H55NO7Si2. The van der Waals surface area contributed by atoms with Crippen molar-refractivity contribution in [2.45, 2.75) is 142 Å². The van der Waals surface area contributed by atoms with Gasteiger partial charge < -0.3 is 28.4 Å². The molecule has 1 aromatic rings. The fourth-order valence-corrected chi connectivity index (χ4v) is 6.50. The van der Waals surface area contributed by atoms with Crippen LogP contribution in [0.25, 0.3) is 0 Å². The highest BCUT2D eigenvalue weighted by Gasteiger charge is 2.53. The fourth-order valence-electron chi connectivity index (χ4n) is 4.19. The topological polar surface area (TPSA) is 92.3 Å². The Balaban J connectivity index is 2.69. The Morgan fingerprint density at radius 2 is 1.41 bits per heavy atom. The molecule has 0 aliphatic carbocycles. The number of rotatable bonds is 8. The SMILES string of the molecule is CC(=O)O[C@H]1O[C@H](CO[Si](C)(C)C(C)(C)C)[C@@H](NC(=O)OC(C)(C)C)[C@H](c2ccccc2)[C@@H]1O[Si](C)(C)C(C)(C)C. The second-order valence-corrected chi connectivity index (χ2v) is 24.7.